The normalized spacial score (nSPS) is 28.1. The number of aryl methyl sites for hydroxylation is 1. The van der Waals surface area contributed by atoms with Crippen LogP contribution in [0.25, 0.3) is 0 Å². The molecule has 1 aromatic heterocycles. The van der Waals surface area contributed by atoms with Crippen molar-refractivity contribution in [3.05, 3.63) is 53.0 Å². The molecule has 2 aromatic rings. The molecule has 4 rings (SSSR count). The third-order valence-corrected chi connectivity index (χ3v) is 5.85. The number of benzene rings is 1. The summed E-state index contributed by atoms with van der Waals surface area (Å²) in [5.41, 5.74) is 6.55. The monoisotopic (exact) mass is 372 g/mol. The van der Waals surface area contributed by atoms with Gasteiger partial charge in [-0.05, 0) is 31.5 Å². The van der Waals surface area contributed by atoms with Gasteiger partial charge in [0.2, 0.25) is 5.89 Å². The molecule has 8 heteroatoms. The number of aliphatic imine (C=N–C) groups is 1. The van der Waals surface area contributed by atoms with E-state index in [0.717, 1.165) is 5.69 Å². The molecule has 1 saturated heterocycles. The van der Waals surface area contributed by atoms with Gasteiger partial charge in [0, 0.05) is 17.2 Å². The third kappa shape index (κ3) is 2.77. The maximum Gasteiger partial charge on any atom is 0.223 e. The zero-order chi connectivity index (χ0) is 18.3. The van der Waals surface area contributed by atoms with Crippen LogP contribution in [0.1, 0.15) is 35.2 Å². The Morgan fingerprint density at radius 2 is 2.31 bits per heavy atom. The number of hydrogen-bond donors (Lipinski definition) is 1. The molecule has 6 nitrogen and oxygen atoms in total. The average molecular weight is 372 g/mol. The number of fused-ring (bicyclic) bond motifs is 1. The standard InChI is InChI=1S/C18H17FN4O2S/c1-10-7-24-16(22-10)15-5-12-8-26-17(21)23-18(12,9-25-15)13-4-11(6-20)2-3-14(13)19/h2-4,7,12,15H,5,8-9H2,1H3,(H2,21,23)/t12-,15+,18?/m0/s1. The molecule has 0 saturated carbocycles. The van der Waals surface area contributed by atoms with E-state index in [2.05, 4.69) is 16.0 Å². The molecule has 1 fully saturated rings. The van der Waals surface area contributed by atoms with Crippen LogP contribution in [0, 0.1) is 30.0 Å². The average Bonchev–Trinajstić information content (AvgIpc) is 3.08. The van der Waals surface area contributed by atoms with Gasteiger partial charge < -0.3 is 14.9 Å². The van der Waals surface area contributed by atoms with Crippen LogP contribution in [0.3, 0.4) is 0 Å². The highest BCUT2D eigenvalue weighted by Crippen LogP contribution is 2.49. The number of aromatic nitrogens is 1. The minimum atomic E-state index is -0.940. The second-order valence-electron chi connectivity index (χ2n) is 6.55. The number of nitrogens with two attached hydrogens (primary N) is 1. The molecule has 1 aromatic carbocycles. The maximum absolute atomic E-state index is 14.7. The molecule has 134 valence electrons. The first kappa shape index (κ1) is 17.1. The van der Waals surface area contributed by atoms with E-state index in [0.29, 0.717) is 34.4 Å². The topological polar surface area (TPSA) is 97.4 Å². The molecular weight excluding hydrogens is 355 g/mol. The fraction of sp³-hybridized carbons (Fsp3) is 0.389. The molecule has 0 bridgehead atoms. The third-order valence-electron chi connectivity index (χ3n) is 4.89. The van der Waals surface area contributed by atoms with Gasteiger partial charge >= 0.3 is 0 Å². The lowest BCUT2D eigenvalue weighted by Crippen LogP contribution is -2.48. The number of amidine groups is 1. The number of halogens is 1. The highest BCUT2D eigenvalue weighted by Gasteiger charge is 2.50. The summed E-state index contributed by atoms with van der Waals surface area (Å²) < 4.78 is 26.2. The second-order valence-corrected chi connectivity index (χ2v) is 7.59. The van der Waals surface area contributed by atoms with Crippen LogP contribution in [0.2, 0.25) is 0 Å². The van der Waals surface area contributed by atoms with Crippen molar-refractivity contribution < 1.29 is 13.5 Å². The molecule has 3 heterocycles. The maximum atomic E-state index is 14.7. The minimum absolute atomic E-state index is 0.0193. The van der Waals surface area contributed by atoms with Gasteiger partial charge in [-0.25, -0.2) is 14.4 Å². The second kappa shape index (κ2) is 6.41. The number of hydrogen-bond acceptors (Lipinski definition) is 7. The zero-order valence-electron chi connectivity index (χ0n) is 14.1. The van der Waals surface area contributed by atoms with Crippen LogP contribution in [0.15, 0.2) is 33.9 Å². The Morgan fingerprint density at radius 1 is 1.46 bits per heavy atom. The quantitative estimate of drug-likeness (QED) is 0.870. The van der Waals surface area contributed by atoms with Crippen LogP contribution in [-0.2, 0) is 10.3 Å². The van der Waals surface area contributed by atoms with E-state index in [1.165, 1.54) is 23.9 Å². The fourth-order valence-corrected chi connectivity index (χ4v) is 4.60. The molecule has 3 atom stereocenters. The van der Waals surface area contributed by atoms with Crippen LogP contribution >= 0.6 is 11.8 Å². The molecular formula is C18H17FN4O2S. The van der Waals surface area contributed by atoms with Crippen molar-refractivity contribution in [3.63, 3.8) is 0 Å². The first-order valence-corrected chi connectivity index (χ1v) is 9.22. The van der Waals surface area contributed by atoms with Crippen molar-refractivity contribution in [1.29, 1.82) is 5.26 Å². The summed E-state index contributed by atoms with van der Waals surface area (Å²) in [6, 6.07) is 6.36. The molecule has 2 aliphatic heterocycles. The van der Waals surface area contributed by atoms with Crippen molar-refractivity contribution in [3.8, 4) is 6.07 Å². The predicted molar refractivity (Wildman–Crippen MR) is 94.9 cm³/mol. The highest BCUT2D eigenvalue weighted by atomic mass is 32.2. The molecule has 0 radical (unpaired) electrons. The van der Waals surface area contributed by atoms with Gasteiger partial charge in [0.05, 0.1) is 23.9 Å². The number of oxazole rings is 1. The first-order chi connectivity index (χ1) is 12.5. The summed E-state index contributed by atoms with van der Waals surface area (Å²) in [7, 11) is 0. The summed E-state index contributed by atoms with van der Waals surface area (Å²) in [5.74, 6) is 0.779. The lowest BCUT2D eigenvalue weighted by atomic mass is 9.74. The van der Waals surface area contributed by atoms with Crippen molar-refractivity contribution in [2.45, 2.75) is 25.0 Å². The molecule has 2 N–H and O–H groups in total. The van der Waals surface area contributed by atoms with Gasteiger partial charge in [0.1, 0.15) is 23.7 Å². The molecule has 26 heavy (non-hydrogen) atoms. The number of nitrogens with zero attached hydrogens (tertiary/aromatic N) is 3. The fourth-order valence-electron chi connectivity index (χ4n) is 3.59. The Morgan fingerprint density at radius 3 is 3.04 bits per heavy atom. The van der Waals surface area contributed by atoms with Gasteiger partial charge in [-0.2, -0.15) is 5.26 Å². The summed E-state index contributed by atoms with van der Waals surface area (Å²) in [6.07, 6.45) is 1.86. The summed E-state index contributed by atoms with van der Waals surface area (Å²) in [5, 5.41) is 9.60. The summed E-state index contributed by atoms with van der Waals surface area (Å²) >= 11 is 1.45. The van der Waals surface area contributed by atoms with Gasteiger partial charge in [0.15, 0.2) is 5.17 Å². The number of thioether (sulfide) groups is 1. The van der Waals surface area contributed by atoms with Crippen molar-refractivity contribution in [1.82, 2.24) is 4.98 Å². The number of ether oxygens (including phenoxy) is 1. The number of nitriles is 1. The van der Waals surface area contributed by atoms with Gasteiger partial charge in [-0.3, -0.25) is 0 Å². The SMILES string of the molecule is Cc1coc([C@H]2C[C@H]3CSC(N)=NC3(c3cc(C#N)ccc3F)CO2)n1. The Hall–Kier alpha value is -2.37. The van der Waals surface area contributed by atoms with Crippen molar-refractivity contribution in [2.75, 3.05) is 12.4 Å². The Labute approximate surface area is 154 Å². The first-order valence-electron chi connectivity index (χ1n) is 8.24. The zero-order valence-corrected chi connectivity index (χ0v) is 14.9. The lowest BCUT2D eigenvalue weighted by molar-refractivity contribution is -0.0697. The van der Waals surface area contributed by atoms with E-state index < -0.39 is 11.4 Å². The number of rotatable bonds is 2. The Balaban J connectivity index is 1.75. The Kier molecular flexibility index (Phi) is 4.21. The highest BCUT2D eigenvalue weighted by molar-refractivity contribution is 8.13. The summed E-state index contributed by atoms with van der Waals surface area (Å²) in [4.78, 5) is 8.96. The predicted octanol–water partition coefficient (Wildman–Crippen LogP) is 3.03. The molecule has 1 unspecified atom stereocenters. The van der Waals surface area contributed by atoms with Gasteiger partial charge in [-0.15, -0.1) is 0 Å². The molecule has 2 aliphatic rings. The van der Waals surface area contributed by atoms with Crippen molar-refractivity contribution >= 4 is 16.9 Å². The lowest BCUT2D eigenvalue weighted by Gasteiger charge is -2.45. The van der Waals surface area contributed by atoms with Crippen LogP contribution in [0.4, 0.5) is 4.39 Å². The van der Waals surface area contributed by atoms with Crippen LogP contribution in [0.5, 0.6) is 0 Å². The van der Waals surface area contributed by atoms with Crippen LogP contribution < -0.4 is 5.73 Å². The smallest absolute Gasteiger partial charge is 0.223 e. The van der Waals surface area contributed by atoms with Gasteiger partial charge in [0.25, 0.3) is 0 Å². The van der Waals surface area contributed by atoms with E-state index in [4.69, 9.17) is 14.9 Å². The van der Waals surface area contributed by atoms with Gasteiger partial charge in [-0.1, -0.05) is 11.8 Å². The molecule has 0 amide bonds. The largest absolute Gasteiger partial charge is 0.446 e. The van der Waals surface area contributed by atoms with E-state index >= 15 is 0 Å². The minimum Gasteiger partial charge on any atom is -0.446 e. The van der Waals surface area contributed by atoms with Crippen LogP contribution in [-0.4, -0.2) is 22.5 Å². The van der Waals surface area contributed by atoms with E-state index in [-0.39, 0.29) is 18.6 Å². The Bertz CT molecular complexity index is 922. The molecule has 0 aliphatic carbocycles. The van der Waals surface area contributed by atoms with E-state index in [9.17, 15) is 9.65 Å². The summed E-state index contributed by atoms with van der Waals surface area (Å²) in [6.45, 7) is 2.00. The molecule has 0 spiro atoms. The van der Waals surface area contributed by atoms with Crippen molar-refractivity contribution in [2.24, 2.45) is 16.6 Å². The van der Waals surface area contributed by atoms with E-state index in [1.54, 1.807) is 12.3 Å². The van der Waals surface area contributed by atoms with E-state index in [1.807, 2.05) is 6.92 Å².